The van der Waals surface area contributed by atoms with E-state index in [9.17, 15) is 9.18 Å². The van der Waals surface area contributed by atoms with E-state index in [1.165, 1.54) is 17.7 Å². The van der Waals surface area contributed by atoms with Gasteiger partial charge in [0.1, 0.15) is 22.8 Å². The van der Waals surface area contributed by atoms with Crippen LogP contribution in [-0.2, 0) is 22.4 Å². The second-order valence-electron chi connectivity index (χ2n) is 9.08. The first-order valence-corrected chi connectivity index (χ1v) is 11.5. The van der Waals surface area contributed by atoms with Crippen LogP contribution in [0.15, 0.2) is 35.0 Å². The molecular formula is C25H26ClFN4O3. The number of fused-ring (bicyclic) bond motifs is 1. The quantitative estimate of drug-likeness (QED) is 0.313. The van der Waals surface area contributed by atoms with Crippen molar-refractivity contribution in [3.63, 3.8) is 0 Å². The second kappa shape index (κ2) is 9.18. The van der Waals surface area contributed by atoms with Crippen molar-refractivity contribution >= 4 is 23.2 Å². The average Bonchev–Trinajstić information content (AvgIpc) is 3.40. The Hall–Kier alpha value is -3.26. The van der Waals surface area contributed by atoms with Crippen LogP contribution in [-0.4, -0.2) is 31.1 Å². The number of aromatic nitrogens is 4. The number of carbonyl (C=O) groups excluding carboxylic acids is 1. The van der Waals surface area contributed by atoms with Gasteiger partial charge in [-0.15, -0.1) is 0 Å². The van der Waals surface area contributed by atoms with Gasteiger partial charge in [0.05, 0.1) is 5.02 Å². The number of hydrogen-bond acceptors (Lipinski definition) is 6. The molecule has 0 fully saturated rings. The number of ether oxygens (including phenoxy) is 1. The van der Waals surface area contributed by atoms with E-state index in [1.54, 1.807) is 20.8 Å². The molecule has 4 rings (SSSR count). The molecule has 3 heterocycles. The van der Waals surface area contributed by atoms with Gasteiger partial charge in [0.25, 0.3) is 5.89 Å². The zero-order valence-corrected chi connectivity index (χ0v) is 20.5. The van der Waals surface area contributed by atoms with Crippen LogP contribution in [0.2, 0.25) is 5.02 Å². The van der Waals surface area contributed by atoms with E-state index >= 15 is 0 Å². The summed E-state index contributed by atoms with van der Waals surface area (Å²) in [7, 11) is 0. The van der Waals surface area contributed by atoms with Gasteiger partial charge in [-0.25, -0.2) is 9.37 Å². The number of rotatable bonds is 6. The second-order valence-corrected chi connectivity index (χ2v) is 9.49. The first kappa shape index (κ1) is 23.9. The van der Waals surface area contributed by atoms with Crippen molar-refractivity contribution in [3.8, 4) is 23.0 Å². The molecule has 0 radical (unpaired) electrons. The summed E-state index contributed by atoms with van der Waals surface area (Å²) < 4.78 is 27.4. The van der Waals surface area contributed by atoms with Crippen LogP contribution < -0.4 is 0 Å². The minimum absolute atomic E-state index is 0.0449. The average molecular weight is 485 g/mol. The van der Waals surface area contributed by atoms with Gasteiger partial charge in [0, 0.05) is 23.9 Å². The van der Waals surface area contributed by atoms with E-state index in [0.717, 1.165) is 17.8 Å². The maximum absolute atomic E-state index is 14.8. The molecule has 0 spiro atoms. The molecule has 0 saturated carbocycles. The summed E-state index contributed by atoms with van der Waals surface area (Å²) in [6.45, 7) is 9.48. The minimum Gasteiger partial charge on any atom is -0.460 e. The summed E-state index contributed by atoms with van der Waals surface area (Å²) in [6, 6.07) is 6.72. The highest BCUT2D eigenvalue weighted by Crippen LogP contribution is 2.31. The molecule has 3 aromatic heterocycles. The molecule has 7 nitrogen and oxygen atoms in total. The van der Waals surface area contributed by atoms with Crippen molar-refractivity contribution in [2.45, 2.75) is 59.5 Å². The largest absolute Gasteiger partial charge is 0.460 e. The van der Waals surface area contributed by atoms with Crippen molar-refractivity contribution in [2.75, 3.05) is 0 Å². The summed E-state index contributed by atoms with van der Waals surface area (Å²) in [5, 5.41) is 4.23. The molecule has 1 aromatic carbocycles. The van der Waals surface area contributed by atoms with E-state index in [2.05, 4.69) is 22.0 Å². The molecule has 0 aliphatic carbocycles. The van der Waals surface area contributed by atoms with Gasteiger partial charge in [-0.3, -0.25) is 4.79 Å². The lowest BCUT2D eigenvalue weighted by atomic mass is 10.1. The number of carbonyl (C=O) groups is 1. The SMILES string of the molecule is CCc1ccc2nc(-c3nc(-c4cc(F)c(CCC(=O)OC(C)(C)C)cc4Cl)no3)cn2c1C. The van der Waals surface area contributed by atoms with Crippen molar-refractivity contribution in [1.82, 2.24) is 19.5 Å². The molecule has 0 amide bonds. The fraction of sp³-hybridized carbons (Fsp3) is 0.360. The molecule has 0 aliphatic heterocycles. The Labute approximate surface area is 201 Å². The lowest BCUT2D eigenvalue weighted by molar-refractivity contribution is -0.154. The fourth-order valence-corrected chi connectivity index (χ4v) is 4.00. The Kier molecular flexibility index (Phi) is 6.45. The number of imidazole rings is 1. The van der Waals surface area contributed by atoms with Crippen LogP contribution in [0.4, 0.5) is 4.39 Å². The van der Waals surface area contributed by atoms with Crippen LogP contribution >= 0.6 is 11.6 Å². The van der Waals surface area contributed by atoms with E-state index in [4.69, 9.17) is 20.9 Å². The molecule has 0 aliphatic rings. The summed E-state index contributed by atoms with van der Waals surface area (Å²) in [5.74, 6) is -0.546. The maximum Gasteiger partial charge on any atom is 0.306 e. The molecular weight excluding hydrogens is 459 g/mol. The predicted octanol–water partition coefficient (Wildman–Crippen LogP) is 5.99. The third-order valence-electron chi connectivity index (χ3n) is 5.41. The number of hydrogen-bond donors (Lipinski definition) is 0. The molecule has 0 unspecified atom stereocenters. The standard InChI is InChI=1S/C25H26ClFN4O3/c1-6-15-7-9-21-28-20(13-31(21)14(15)2)24-29-23(30-34-24)17-12-19(27)16(11-18(17)26)8-10-22(32)33-25(3,4)5/h7,9,11-13H,6,8,10H2,1-5H3. The van der Waals surface area contributed by atoms with E-state index in [1.807, 2.05) is 29.7 Å². The molecule has 0 atom stereocenters. The third-order valence-corrected chi connectivity index (χ3v) is 5.73. The monoisotopic (exact) mass is 484 g/mol. The Balaban J connectivity index is 1.57. The lowest BCUT2D eigenvalue weighted by Gasteiger charge is -2.19. The normalized spacial score (nSPS) is 11.9. The number of nitrogens with zero attached hydrogens (tertiary/aromatic N) is 4. The summed E-state index contributed by atoms with van der Waals surface area (Å²) in [6.07, 6.45) is 2.96. The van der Waals surface area contributed by atoms with Crippen molar-refractivity contribution < 1.29 is 18.4 Å². The molecule has 0 N–H and O–H groups in total. The van der Waals surface area contributed by atoms with Crippen LogP contribution in [0.3, 0.4) is 0 Å². The van der Waals surface area contributed by atoms with Gasteiger partial charge < -0.3 is 13.7 Å². The van der Waals surface area contributed by atoms with Gasteiger partial charge in [-0.1, -0.05) is 29.7 Å². The van der Waals surface area contributed by atoms with Gasteiger partial charge in [0.2, 0.25) is 5.82 Å². The van der Waals surface area contributed by atoms with Gasteiger partial charge >= 0.3 is 5.97 Å². The topological polar surface area (TPSA) is 82.5 Å². The van der Waals surface area contributed by atoms with E-state index < -0.39 is 17.4 Å². The fourth-order valence-electron chi connectivity index (χ4n) is 3.73. The Bertz CT molecular complexity index is 1370. The van der Waals surface area contributed by atoms with Gasteiger partial charge in [-0.2, -0.15) is 4.98 Å². The number of halogens is 2. The van der Waals surface area contributed by atoms with Crippen LogP contribution in [0.25, 0.3) is 28.6 Å². The number of pyridine rings is 1. The molecule has 0 saturated heterocycles. The van der Waals surface area contributed by atoms with Crippen molar-refractivity contribution in [3.05, 3.63) is 58.1 Å². The summed E-state index contributed by atoms with van der Waals surface area (Å²) in [5.41, 5.74) is 3.60. The van der Waals surface area contributed by atoms with Crippen LogP contribution in [0, 0.1) is 12.7 Å². The van der Waals surface area contributed by atoms with Gasteiger partial charge in [-0.05, 0) is 69.9 Å². The predicted molar refractivity (Wildman–Crippen MR) is 127 cm³/mol. The van der Waals surface area contributed by atoms with Gasteiger partial charge in [0.15, 0.2) is 0 Å². The Morgan fingerprint density at radius 1 is 1.21 bits per heavy atom. The Morgan fingerprint density at radius 2 is 1.97 bits per heavy atom. The highest BCUT2D eigenvalue weighted by molar-refractivity contribution is 6.33. The number of aryl methyl sites for hydroxylation is 3. The highest BCUT2D eigenvalue weighted by Gasteiger charge is 2.20. The molecule has 34 heavy (non-hydrogen) atoms. The number of esters is 1. The Morgan fingerprint density at radius 3 is 2.68 bits per heavy atom. The van der Waals surface area contributed by atoms with Crippen molar-refractivity contribution in [1.29, 1.82) is 0 Å². The first-order valence-electron chi connectivity index (χ1n) is 11.1. The first-order chi connectivity index (χ1) is 16.1. The van der Waals surface area contributed by atoms with Crippen LogP contribution in [0.1, 0.15) is 50.9 Å². The maximum atomic E-state index is 14.8. The highest BCUT2D eigenvalue weighted by atomic mass is 35.5. The van der Waals surface area contributed by atoms with Crippen molar-refractivity contribution in [2.24, 2.45) is 0 Å². The molecule has 4 aromatic rings. The smallest absolute Gasteiger partial charge is 0.306 e. The van der Waals surface area contributed by atoms with E-state index in [0.29, 0.717) is 16.8 Å². The third kappa shape index (κ3) is 4.97. The minimum atomic E-state index is -0.592. The molecule has 9 heteroatoms. The number of benzene rings is 1. The van der Waals surface area contributed by atoms with Crippen LogP contribution in [0.5, 0.6) is 0 Å². The van der Waals surface area contributed by atoms with E-state index in [-0.39, 0.29) is 29.6 Å². The lowest BCUT2D eigenvalue weighted by Crippen LogP contribution is -2.24. The molecule has 178 valence electrons. The summed E-state index contributed by atoms with van der Waals surface area (Å²) >= 11 is 6.41. The zero-order valence-electron chi connectivity index (χ0n) is 19.8. The molecule has 0 bridgehead atoms. The summed E-state index contributed by atoms with van der Waals surface area (Å²) in [4.78, 5) is 20.9. The zero-order chi connectivity index (χ0) is 24.6.